The first-order valence-electron chi connectivity index (χ1n) is 10.6. The van der Waals surface area contributed by atoms with Crippen molar-refractivity contribution >= 4 is 10.0 Å². The molecule has 0 radical (unpaired) electrons. The van der Waals surface area contributed by atoms with Crippen LogP contribution in [0.15, 0.2) is 42.5 Å². The van der Waals surface area contributed by atoms with Gasteiger partial charge in [-0.1, -0.05) is 30.3 Å². The van der Waals surface area contributed by atoms with E-state index >= 15 is 0 Å². The van der Waals surface area contributed by atoms with Gasteiger partial charge in [-0.05, 0) is 49.7 Å². The van der Waals surface area contributed by atoms with E-state index in [0.717, 1.165) is 42.2 Å². The highest BCUT2D eigenvalue weighted by Crippen LogP contribution is 2.34. The molecular formula is C23H33N2O4S+. The van der Waals surface area contributed by atoms with Crippen LogP contribution in [0.1, 0.15) is 60.0 Å². The fourth-order valence-corrected chi connectivity index (χ4v) is 4.77. The number of sulfonamides is 1. The summed E-state index contributed by atoms with van der Waals surface area (Å²) in [7, 11) is -3.34. The van der Waals surface area contributed by atoms with Crippen LogP contribution < -0.4 is 9.45 Å². The van der Waals surface area contributed by atoms with Crippen molar-refractivity contribution in [2.75, 3.05) is 19.4 Å². The zero-order valence-corrected chi connectivity index (χ0v) is 18.9. The molecule has 1 heterocycles. The van der Waals surface area contributed by atoms with Crippen LogP contribution in [0.4, 0.5) is 0 Å². The third kappa shape index (κ3) is 6.27. The predicted molar refractivity (Wildman–Crippen MR) is 116 cm³/mol. The Morgan fingerprint density at radius 1 is 1.13 bits per heavy atom. The number of hydrogen-bond donors (Lipinski definition) is 2. The fourth-order valence-electron chi connectivity index (χ4n) is 4.26. The predicted octanol–water partition coefficient (Wildman–Crippen LogP) is 3.20. The van der Waals surface area contributed by atoms with Crippen molar-refractivity contribution in [3.05, 3.63) is 65.0 Å². The molecule has 2 N–H and O–H groups in total. The van der Waals surface area contributed by atoms with Gasteiger partial charge >= 0.3 is 0 Å². The van der Waals surface area contributed by atoms with Crippen molar-refractivity contribution < 1.29 is 23.1 Å². The molecule has 3 rings (SSSR count). The fraction of sp³-hybridized carbons (Fsp3) is 0.522. The Balaban J connectivity index is 1.64. The number of benzene rings is 1. The van der Waals surface area contributed by atoms with Crippen LogP contribution in [-0.4, -0.2) is 39.1 Å². The number of aryl methyl sites for hydroxylation is 2. The summed E-state index contributed by atoms with van der Waals surface area (Å²) in [6.07, 6.45) is 5.44. The lowest BCUT2D eigenvalue weighted by Crippen LogP contribution is -2.43. The molecule has 1 saturated carbocycles. The van der Waals surface area contributed by atoms with Crippen LogP contribution in [0, 0.1) is 13.8 Å². The molecule has 30 heavy (non-hydrogen) atoms. The second-order valence-electron chi connectivity index (χ2n) is 8.45. The quantitative estimate of drug-likeness (QED) is 0.495. The molecule has 0 aliphatic heterocycles. The van der Waals surface area contributed by atoms with Gasteiger partial charge in [0.1, 0.15) is 0 Å². The molecular weight excluding hydrogens is 400 g/mol. The number of pyridine rings is 1. The summed E-state index contributed by atoms with van der Waals surface area (Å²) in [5.74, 6) is 0.294. The largest absolute Gasteiger partial charge is 0.377 e. The minimum atomic E-state index is -3.34. The Bertz CT molecular complexity index is 939. The van der Waals surface area contributed by atoms with Crippen LogP contribution in [0.25, 0.3) is 0 Å². The van der Waals surface area contributed by atoms with E-state index in [1.807, 2.05) is 32.0 Å². The maximum Gasteiger partial charge on any atom is 0.241 e. The van der Waals surface area contributed by atoms with Crippen molar-refractivity contribution in [2.24, 2.45) is 0 Å². The molecule has 6 nitrogen and oxygen atoms in total. The monoisotopic (exact) mass is 433 g/mol. The minimum Gasteiger partial charge on any atom is -0.377 e. The van der Waals surface area contributed by atoms with Crippen molar-refractivity contribution in [2.45, 2.75) is 57.5 Å². The second kappa shape index (κ2) is 9.90. The van der Waals surface area contributed by atoms with E-state index in [2.05, 4.69) is 29.0 Å². The first kappa shape index (κ1) is 22.7. The summed E-state index contributed by atoms with van der Waals surface area (Å²) < 4.78 is 33.2. The molecule has 1 fully saturated rings. The van der Waals surface area contributed by atoms with Crippen LogP contribution in [0.2, 0.25) is 0 Å². The van der Waals surface area contributed by atoms with Crippen LogP contribution in [0.5, 0.6) is 0 Å². The van der Waals surface area contributed by atoms with E-state index in [4.69, 9.17) is 4.74 Å². The molecule has 1 aromatic carbocycles. The van der Waals surface area contributed by atoms with Gasteiger partial charge in [0.2, 0.25) is 21.4 Å². The molecule has 2 aromatic rings. The number of nitrogens with zero attached hydrogens (tertiary/aromatic N) is 1. The molecule has 1 aliphatic rings. The van der Waals surface area contributed by atoms with Crippen molar-refractivity contribution in [3.63, 3.8) is 0 Å². The van der Waals surface area contributed by atoms with Gasteiger partial charge in [-0.25, -0.2) is 13.1 Å². The van der Waals surface area contributed by atoms with Crippen LogP contribution in [0.3, 0.4) is 0 Å². The van der Waals surface area contributed by atoms with E-state index in [1.165, 1.54) is 5.56 Å². The van der Waals surface area contributed by atoms with Gasteiger partial charge in [-0.2, -0.15) is 0 Å². The zero-order valence-electron chi connectivity index (χ0n) is 18.0. The van der Waals surface area contributed by atoms with E-state index in [1.54, 1.807) is 0 Å². The smallest absolute Gasteiger partial charge is 0.241 e. The molecule has 0 amide bonds. The topological polar surface area (TPSA) is 79.5 Å². The number of nitrogens with one attached hydrogen (secondary N) is 1. The molecule has 1 atom stereocenters. The molecule has 0 unspecified atom stereocenters. The Labute approximate surface area is 179 Å². The summed E-state index contributed by atoms with van der Waals surface area (Å²) >= 11 is 0. The first-order chi connectivity index (χ1) is 14.2. The summed E-state index contributed by atoms with van der Waals surface area (Å²) in [4.78, 5) is 0. The highest BCUT2D eigenvalue weighted by molar-refractivity contribution is 7.88. The van der Waals surface area contributed by atoms with Crippen molar-refractivity contribution in [3.8, 4) is 0 Å². The van der Waals surface area contributed by atoms with Gasteiger partial charge in [0.05, 0.1) is 24.9 Å². The highest BCUT2D eigenvalue weighted by atomic mass is 32.2. The number of hydrogen-bond acceptors (Lipinski definition) is 4. The minimum absolute atomic E-state index is 0.156. The molecule has 0 spiro atoms. The summed E-state index contributed by atoms with van der Waals surface area (Å²) in [6.45, 7) is 4.32. The second-order valence-corrected chi connectivity index (χ2v) is 10.3. The molecule has 1 aliphatic carbocycles. The molecule has 164 valence electrons. The van der Waals surface area contributed by atoms with Gasteiger partial charge in [0.15, 0.2) is 0 Å². The van der Waals surface area contributed by atoms with Gasteiger partial charge in [0.25, 0.3) is 0 Å². The summed E-state index contributed by atoms with van der Waals surface area (Å²) in [5, 5.41) is 10.5. The first-order valence-corrected chi connectivity index (χ1v) is 12.5. The Hall–Kier alpha value is -1.96. The lowest BCUT2D eigenvalue weighted by Gasteiger charge is -2.29. The molecule has 7 heteroatoms. The maximum absolute atomic E-state index is 11.6. The average molecular weight is 434 g/mol. The highest BCUT2D eigenvalue weighted by Gasteiger charge is 2.29. The lowest BCUT2D eigenvalue weighted by atomic mass is 9.83. The Kier molecular flexibility index (Phi) is 7.50. The number of aromatic nitrogens is 1. The van der Waals surface area contributed by atoms with Gasteiger partial charge in [-0.3, -0.25) is 5.21 Å². The Morgan fingerprint density at radius 3 is 2.43 bits per heavy atom. The maximum atomic E-state index is 11.6. The van der Waals surface area contributed by atoms with E-state index < -0.39 is 10.0 Å². The van der Waals surface area contributed by atoms with Gasteiger partial charge < -0.3 is 4.74 Å². The van der Waals surface area contributed by atoms with Crippen molar-refractivity contribution in [1.82, 2.24) is 4.72 Å². The third-order valence-electron chi connectivity index (χ3n) is 5.88. The number of rotatable bonds is 8. The molecule has 0 saturated heterocycles. The summed E-state index contributed by atoms with van der Waals surface area (Å²) in [6, 6.07) is 14.4. The van der Waals surface area contributed by atoms with Crippen LogP contribution >= 0.6 is 0 Å². The van der Waals surface area contributed by atoms with E-state index in [0.29, 0.717) is 23.9 Å². The molecule has 0 bridgehead atoms. The zero-order chi connectivity index (χ0) is 21.7. The Morgan fingerprint density at radius 2 is 1.80 bits per heavy atom. The third-order valence-corrected chi connectivity index (χ3v) is 6.57. The van der Waals surface area contributed by atoms with E-state index in [9.17, 15) is 13.6 Å². The lowest BCUT2D eigenvalue weighted by molar-refractivity contribution is -0.914. The van der Waals surface area contributed by atoms with Crippen molar-refractivity contribution in [1.29, 1.82) is 0 Å². The standard InChI is InChI=1S/C23H33N2O4S/c1-17-13-18(2)25(26)23(14-17)21(15-24-30(3,27)28)16-29-22-11-9-20(10-12-22)19-7-5-4-6-8-19/h4-8,13-14,20-22,24,26H,9-12,15-16H2,1-3H3/q+1/t20?,21-,22?/m0/s1. The van der Waals surface area contributed by atoms with Gasteiger partial charge in [0, 0.05) is 30.3 Å². The summed E-state index contributed by atoms with van der Waals surface area (Å²) in [5.41, 5.74) is 3.77. The van der Waals surface area contributed by atoms with E-state index in [-0.39, 0.29) is 18.6 Å². The average Bonchev–Trinajstić information content (AvgIpc) is 2.71. The van der Waals surface area contributed by atoms with Gasteiger partial charge in [-0.15, -0.1) is 0 Å². The number of ether oxygens (including phenoxy) is 1. The SMILES string of the molecule is Cc1cc(C)[n+](O)c([C@@H](CNS(C)(=O)=O)COC2CCC(c3ccccc3)CC2)c1. The normalized spacial score (nSPS) is 20.8. The molecule has 1 aromatic heterocycles. The van der Waals surface area contributed by atoms with Crippen LogP contribution in [-0.2, 0) is 14.8 Å².